The van der Waals surface area contributed by atoms with Crippen LogP contribution in [0.25, 0.3) is 0 Å². The van der Waals surface area contributed by atoms with Crippen LogP contribution in [-0.2, 0) is 0 Å². The van der Waals surface area contributed by atoms with E-state index in [1.54, 1.807) is 30.7 Å². The van der Waals surface area contributed by atoms with E-state index in [1.165, 1.54) is 12.1 Å². The van der Waals surface area contributed by atoms with Gasteiger partial charge in [-0.3, -0.25) is 9.97 Å². The molecule has 2 aromatic rings. The third kappa shape index (κ3) is 4.46. The Balaban J connectivity index is 2.20. The molecule has 1 N–H and O–H groups in total. The van der Waals surface area contributed by atoms with E-state index in [2.05, 4.69) is 26.9 Å². The zero-order valence-corrected chi connectivity index (χ0v) is 11.7. The first kappa shape index (κ1) is 15.3. The molecule has 1 unspecified atom stereocenters. The number of alkyl halides is 2. The van der Waals surface area contributed by atoms with E-state index in [4.69, 9.17) is 0 Å². The first-order chi connectivity index (χ1) is 10.2. The second kappa shape index (κ2) is 7.64. The third-order valence-electron chi connectivity index (χ3n) is 2.92. The molecular weight excluding hydrogens is 276 g/mol. The fraction of sp³-hybridized carbons (Fsp3) is 0.333. The molecule has 2 rings (SSSR count). The molecule has 21 heavy (non-hydrogen) atoms. The van der Waals surface area contributed by atoms with Gasteiger partial charge >= 0.3 is 6.61 Å². The van der Waals surface area contributed by atoms with Gasteiger partial charge in [0, 0.05) is 12.4 Å². The number of hydrogen-bond donors (Lipinski definition) is 1. The van der Waals surface area contributed by atoms with E-state index in [0.717, 1.165) is 24.2 Å². The van der Waals surface area contributed by atoms with Crippen LogP contribution in [0, 0.1) is 0 Å². The number of nitrogens with one attached hydrogen (secondary N) is 1. The van der Waals surface area contributed by atoms with Crippen LogP contribution in [0.2, 0.25) is 0 Å². The lowest BCUT2D eigenvalue weighted by Gasteiger charge is -2.18. The number of hydrogen-bond acceptors (Lipinski definition) is 4. The van der Waals surface area contributed by atoms with E-state index in [1.807, 2.05) is 0 Å². The number of halogens is 2. The van der Waals surface area contributed by atoms with Gasteiger partial charge in [0.1, 0.15) is 5.75 Å². The Morgan fingerprint density at radius 3 is 2.52 bits per heavy atom. The summed E-state index contributed by atoms with van der Waals surface area (Å²) >= 11 is 0. The molecule has 0 amide bonds. The van der Waals surface area contributed by atoms with Crippen molar-refractivity contribution in [1.29, 1.82) is 0 Å². The molecule has 112 valence electrons. The molecule has 4 nitrogen and oxygen atoms in total. The highest BCUT2D eigenvalue weighted by Crippen LogP contribution is 2.23. The van der Waals surface area contributed by atoms with Crippen molar-refractivity contribution < 1.29 is 13.5 Å². The van der Waals surface area contributed by atoms with Gasteiger partial charge in [-0.15, -0.1) is 0 Å². The fourth-order valence-corrected chi connectivity index (χ4v) is 1.98. The molecule has 0 bridgehead atoms. The Labute approximate surface area is 122 Å². The number of nitrogens with zero attached hydrogens (tertiary/aromatic N) is 2. The minimum Gasteiger partial charge on any atom is -0.435 e. The zero-order chi connectivity index (χ0) is 15.1. The van der Waals surface area contributed by atoms with Crippen LogP contribution in [0.4, 0.5) is 8.78 Å². The van der Waals surface area contributed by atoms with Gasteiger partial charge in [-0.1, -0.05) is 19.1 Å². The zero-order valence-electron chi connectivity index (χ0n) is 11.7. The van der Waals surface area contributed by atoms with Gasteiger partial charge in [-0.2, -0.15) is 8.78 Å². The van der Waals surface area contributed by atoms with Crippen molar-refractivity contribution in [3.63, 3.8) is 0 Å². The fourth-order valence-electron chi connectivity index (χ4n) is 1.98. The van der Waals surface area contributed by atoms with Gasteiger partial charge in [0.2, 0.25) is 0 Å². The van der Waals surface area contributed by atoms with E-state index in [-0.39, 0.29) is 11.8 Å². The van der Waals surface area contributed by atoms with Crippen molar-refractivity contribution in [3.8, 4) is 5.75 Å². The maximum Gasteiger partial charge on any atom is 0.387 e. The molecule has 0 radical (unpaired) electrons. The summed E-state index contributed by atoms with van der Waals surface area (Å²) in [5, 5.41) is 3.37. The molecular formula is C15H17F2N3O. The van der Waals surface area contributed by atoms with E-state index < -0.39 is 6.61 Å². The molecule has 0 saturated heterocycles. The molecule has 0 aliphatic heterocycles. The Morgan fingerprint density at radius 1 is 1.19 bits per heavy atom. The highest BCUT2D eigenvalue weighted by Gasteiger charge is 2.15. The van der Waals surface area contributed by atoms with Crippen LogP contribution >= 0.6 is 0 Å². The van der Waals surface area contributed by atoms with Crippen molar-refractivity contribution in [2.24, 2.45) is 0 Å². The molecule has 0 fully saturated rings. The predicted molar refractivity (Wildman–Crippen MR) is 75.2 cm³/mol. The predicted octanol–water partition coefficient (Wildman–Crippen LogP) is 3.17. The maximum atomic E-state index is 12.2. The SMILES string of the molecule is CCCNC(c1ccc(OC(F)F)cc1)c1cnccn1. The number of aromatic nitrogens is 2. The molecule has 0 spiro atoms. The van der Waals surface area contributed by atoms with E-state index in [0.29, 0.717) is 0 Å². The Hall–Kier alpha value is -2.08. The summed E-state index contributed by atoms with van der Waals surface area (Å²) in [6, 6.07) is 6.43. The quantitative estimate of drug-likeness (QED) is 0.852. The van der Waals surface area contributed by atoms with Gasteiger partial charge < -0.3 is 10.1 Å². The first-order valence-corrected chi connectivity index (χ1v) is 6.74. The molecule has 1 aromatic heterocycles. The smallest absolute Gasteiger partial charge is 0.387 e. The maximum absolute atomic E-state index is 12.2. The summed E-state index contributed by atoms with van der Waals surface area (Å²) in [5.41, 5.74) is 1.71. The third-order valence-corrected chi connectivity index (χ3v) is 2.92. The second-order valence-electron chi connectivity index (χ2n) is 4.46. The van der Waals surface area contributed by atoms with Crippen LogP contribution < -0.4 is 10.1 Å². The van der Waals surface area contributed by atoms with Gasteiger partial charge in [0.25, 0.3) is 0 Å². The minimum absolute atomic E-state index is 0.126. The van der Waals surface area contributed by atoms with Crippen molar-refractivity contribution >= 4 is 0 Å². The number of ether oxygens (including phenoxy) is 1. The second-order valence-corrected chi connectivity index (χ2v) is 4.46. The molecule has 0 aliphatic rings. The largest absolute Gasteiger partial charge is 0.435 e. The van der Waals surface area contributed by atoms with Crippen LogP contribution in [0.1, 0.15) is 30.6 Å². The van der Waals surface area contributed by atoms with Gasteiger partial charge in [0.15, 0.2) is 0 Å². The number of benzene rings is 1. The summed E-state index contributed by atoms with van der Waals surface area (Å²) in [7, 11) is 0. The standard InChI is InChI=1S/C15H17F2N3O/c1-2-7-20-14(13-10-18-8-9-19-13)11-3-5-12(6-4-11)21-15(16)17/h3-6,8-10,14-15,20H,2,7H2,1H3. The van der Waals surface area contributed by atoms with Crippen molar-refractivity contribution in [2.75, 3.05) is 6.54 Å². The normalized spacial score (nSPS) is 12.4. The lowest BCUT2D eigenvalue weighted by Crippen LogP contribution is -2.24. The van der Waals surface area contributed by atoms with E-state index in [9.17, 15) is 8.78 Å². The molecule has 6 heteroatoms. The summed E-state index contributed by atoms with van der Waals surface area (Å²) in [4.78, 5) is 8.37. The topological polar surface area (TPSA) is 47.0 Å². The van der Waals surface area contributed by atoms with E-state index >= 15 is 0 Å². The summed E-state index contributed by atoms with van der Waals surface area (Å²) < 4.78 is 28.7. The summed E-state index contributed by atoms with van der Waals surface area (Å²) in [6.07, 6.45) is 5.91. The minimum atomic E-state index is -2.81. The van der Waals surface area contributed by atoms with Crippen molar-refractivity contribution in [2.45, 2.75) is 26.0 Å². The highest BCUT2D eigenvalue weighted by atomic mass is 19.3. The molecule has 0 aliphatic carbocycles. The van der Waals surface area contributed by atoms with Crippen LogP contribution in [0.3, 0.4) is 0 Å². The van der Waals surface area contributed by atoms with Gasteiger partial charge in [-0.25, -0.2) is 0 Å². The average molecular weight is 293 g/mol. The molecule has 1 heterocycles. The summed E-state index contributed by atoms with van der Waals surface area (Å²) in [6.45, 7) is 0.0708. The first-order valence-electron chi connectivity index (χ1n) is 6.74. The molecule has 0 saturated carbocycles. The monoisotopic (exact) mass is 293 g/mol. The summed E-state index contributed by atoms with van der Waals surface area (Å²) in [5.74, 6) is 0.141. The lowest BCUT2D eigenvalue weighted by atomic mass is 10.0. The van der Waals surface area contributed by atoms with Gasteiger partial charge in [-0.05, 0) is 30.7 Å². The Morgan fingerprint density at radius 2 is 1.95 bits per heavy atom. The van der Waals surface area contributed by atoms with Gasteiger partial charge in [0.05, 0.1) is 17.9 Å². The molecule has 1 aromatic carbocycles. The lowest BCUT2D eigenvalue weighted by molar-refractivity contribution is -0.0498. The van der Waals surface area contributed by atoms with Crippen molar-refractivity contribution in [3.05, 3.63) is 54.1 Å². The Kier molecular flexibility index (Phi) is 5.57. The highest BCUT2D eigenvalue weighted by molar-refractivity contribution is 5.32. The van der Waals surface area contributed by atoms with Crippen LogP contribution in [0.5, 0.6) is 5.75 Å². The van der Waals surface area contributed by atoms with Crippen LogP contribution in [0.15, 0.2) is 42.9 Å². The average Bonchev–Trinajstić information content (AvgIpc) is 2.50. The molecule has 1 atom stereocenters. The number of rotatable bonds is 7. The Bertz CT molecular complexity index is 534. The van der Waals surface area contributed by atoms with Crippen molar-refractivity contribution in [1.82, 2.24) is 15.3 Å². The van der Waals surface area contributed by atoms with Crippen LogP contribution in [-0.4, -0.2) is 23.1 Å².